The first-order valence-electron chi connectivity index (χ1n) is 10.4. The normalized spacial score (nSPS) is 18.8. The van der Waals surface area contributed by atoms with Gasteiger partial charge in [0.25, 0.3) is 5.91 Å². The van der Waals surface area contributed by atoms with Crippen LogP contribution in [0.25, 0.3) is 0 Å². The molecule has 1 saturated carbocycles. The van der Waals surface area contributed by atoms with Crippen LogP contribution >= 0.6 is 0 Å². The molecule has 0 radical (unpaired) electrons. The Hall–Kier alpha value is -3.08. The summed E-state index contributed by atoms with van der Waals surface area (Å²) >= 11 is 0. The zero-order chi connectivity index (χ0) is 19.6. The van der Waals surface area contributed by atoms with E-state index in [1.165, 1.54) is 18.4 Å². The Labute approximate surface area is 170 Å². The second-order valence-electron chi connectivity index (χ2n) is 7.94. The van der Waals surface area contributed by atoms with Crippen molar-refractivity contribution in [3.05, 3.63) is 83.6 Å². The lowest BCUT2D eigenvalue weighted by molar-refractivity contribution is 0.0735. The summed E-state index contributed by atoms with van der Waals surface area (Å²) in [4.78, 5) is 19.4. The second kappa shape index (κ2) is 7.74. The average Bonchev–Trinajstić information content (AvgIpc) is 3.31. The molecular formula is C24H25N3O2. The van der Waals surface area contributed by atoms with Crippen molar-refractivity contribution in [3.8, 4) is 0 Å². The summed E-state index contributed by atoms with van der Waals surface area (Å²) in [6.07, 6.45) is 6.24. The number of aromatic nitrogens is 1. The standard InChI is InChI=1S/C24H25N3O2/c28-24(27-14-4-7-22(27)17-5-2-1-3-6-17)19-10-12-20(13-11-19)25-15-21-16-26-23(29-21)18-8-9-18/h1-3,5-6,10-13,16,18,22,25H,4,7-9,14-15H2. The van der Waals surface area contributed by atoms with E-state index in [1.807, 2.05) is 47.4 Å². The highest BCUT2D eigenvalue weighted by molar-refractivity contribution is 5.95. The van der Waals surface area contributed by atoms with Crippen LogP contribution in [0.4, 0.5) is 5.69 Å². The fraction of sp³-hybridized carbons (Fsp3) is 0.333. The van der Waals surface area contributed by atoms with Gasteiger partial charge in [-0.2, -0.15) is 0 Å². The summed E-state index contributed by atoms with van der Waals surface area (Å²) in [5.41, 5.74) is 2.91. The smallest absolute Gasteiger partial charge is 0.254 e. The minimum absolute atomic E-state index is 0.104. The highest BCUT2D eigenvalue weighted by atomic mass is 16.4. The maximum absolute atomic E-state index is 13.1. The first-order valence-corrected chi connectivity index (χ1v) is 10.4. The monoisotopic (exact) mass is 387 g/mol. The van der Waals surface area contributed by atoms with Gasteiger partial charge in [-0.15, -0.1) is 0 Å². The summed E-state index contributed by atoms with van der Waals surface area (Å²) in [5.74, 6) is 2.34. The Balaban J connectivity index is 1.22. The molecule has 1 aliphatic carbocycles. The van der Waals surface area contributed by atoms with E-state index < -0.39 is 0 Å². The van der Waals surface area contributed by atoms with Gasteiger partial charge in [0.2, 0.25) is 0 Å². The fourth-order valence-corrected chi connectivity index (χ4v) is 4.04. The van der Waals surface area contributed by atoms with Crippen LogP contribution in [-0.4, -0.2) is 22.3 Å². The van der Waals surface area contributed by atoms with Gasteiger partial charge in [-0.05, 0) is 55.5 Å². The van der Waals surface area contributed by atoms with Gasteiger partial charge in [-0.3, -0.25) is 4.79 Å². The van der Waals surface area contributed by atoms with Crippen molar-refractivity contribution in [2.24, 2.45) is 0 Å². The van der Waals surface area contributed by atoms with Crippen molar-refractivity contribution in [3.63, 3.8) is 0 Å². The van der Waals surface area contributed by atoms with E-state index in [1.54, 1.807) is 6.20 Å². The van der Waals surface area contributed by atoms with Gasteiger partial charge in [0.05, 0.1) is 18.8 Å². The molecule has 2 fully saturated rings. The molecular weight excluding hydrogens is 362 g/mol. The van der Waals surface area contributed by atoms with Crippen molar-refractivity contribution in [2.45, 2.75) is 44.2 Å². The van der Waals surface area contributed by atoms with Gasteiger partial charge >= 0.3 is 0 Å². The molecule has 2 aromatic carbocycles. The number of carbonyl (C=O) groups excluding carboxylic acids is 1. The number of nitrogens with zero attached hydrogens (tertiary/aromatic N) is 2. The summed E-state index contributed by atoms with van der Waals surface area (Å²) in [5, 5.41) is 3.35. The van der Waals surface area contributed by atoms with Crippen molar-refractivity contribution in [2.75, 3.05) is 11.9 Å². The first kappa shape index (κ1) is 18.0. The molecule has 1 saturated heterocycles. The lowest BCUT2D eigenvalue weighted by Gasteiger charge is -2.25. The zero-order valence-corrected chi connectivity index (χ0v) is 16.4. The number of nitrogens with one attached hydrogen (secondary N) is 1. The summed E-state index contributed by atoms with van der Waals surface area (Å²) < 4.78 is 5.78. The van der Waals surface area contributed by atoms with E-state index in [0.717, 1.165) is 42.3 Å². The molecule has 0 spiro atoms. The number of rotatable bonds is 6. The van der Waals surface area contributed by atoms with E-state index in [0.29, 0.717) is 12.5 Å². The maximum atomic E-state index is 13.1. The van der Waals surface area contributed by atoms with E-state index in [-0.39, 0.29) is 11.9 Å². The highest BCUT2D eigenvalue weighted by Gasteiger charge is 2.30. The number of benzene rings is 2. The molecule has 1 N–H and O–H groups in total. The quantitative estimate of drug-likeness (QED) is 0.636. The third-order valence-corrected chi connectivity index (χ3v) is 5.79. The van der Waals surface area contributed by atoms with Crippen LogP contribution in [-0.2, 0) is 6.54 Å². The van der Waals surface area contributed by atoms with Crippen LogP contribution < -0.4 is 5.32 Å². The summed E-state index contributed by atoms with van der Waals surface area (Å²) in [6.45, 7) is 1.41. The highest BCUT2D eigenvalue weighted by Crippen LogP contribution is 2.39. The van der Waals surface area contributed by atoms with Crippen molar-refractivity contribution >= 4 is 11.6 Å². The molecule has 1 atom stereocenters. The number of hydrogen-bond acceptors (Lipinski definition) is 4. The molecule has 5 nitrogen and oxygen atoms in total. The molecule has 1 amide bonds. The molecule has 2 aliphatic rings. The minimum Gasteiger partial charge on any atom is -0.444 e. The summed E-state index contributed by atoms with van der Waals surface area (Å²) in [7, 11) is 0. The Morgan fingerprint density at radius 2 is 1.86 bits per heavy atom. The lowest BCUT2D eigenvalue weighted by Crippen LogP contribution is -2.30. The third-order valence-electron chi connectivity index (χ3n) is 5.79. The molecule has 148 valence electrons. The molecule has 1 unspecified atom stereocenters. The largest absolute Gasteiger partial charge is 0.444 e. The fourth-order valence-electron chi connectivity index (χ4n) is 4.04. The number of amides is 1. The van der Waals surface area contributed by atoms with Crippen LogP contribution in [0.15, 0.2) is 65.2 Å². The molecule has 5 heteroatoms. The molecule has 3 aromatic rings. The molecule has 1 aromatic heterocycles. The predicted octanol–water partition coefficient (Wildman–Crippen LogP) is 5.14. The van der Waals surface area contributed by atoms with Crippen molar-refractivity contribution < 1.29 is 9.21 Å². The van der Waals surface area contributed by atoms with Gasteiger partial charge in [-0.25, -0.2) is 4.98 Å². The second-order valence-corrected chi connectivity index (χ2v) is 7.94. The zero-order valence-electron chi connectivity index (χ0n) is 16.4. The average molecular weight is 387 g/mol. The molecule has 29 heavy (non-hydrogen) atoms. The van der Waals surface area contributed by atoms with Crippen LogP contribution in [0.5, 0.6) is 0 Å². The van der Waals surface area contributed by atoms with Crippen LogP contribution in [0, 0.1) is 0 Å². The van der Waals surface area contributed by atoms with Crippen LogP contribution in [0.2, 0.25) is 0 Å². The van der Waals surface area contributed by atoms with Crippen LogP contribution in [0.3, 0.4) is 0 Å². The van der Waals surface area contributed by atoms with Crippen molar-refractivity contribution in [1.82, 2.24) is 9.88 Å². The van der Waals surface area contributed by atoms with E-state index >= 15 is 0 Å². The van der Waals surface area contributed by atoms with E-state index in [4.69, 9.17) is 4.42 Å². The van der Waals surface area contributed by atoms with Gasteiger partial charge in [0, 0.05) is 23.7 Å². The molecule has 1 aliphatic heterocycles. The topological polar surface area (TPSA) is 58.4 Å². The van der Waals surface area contributed by atoms with Gasteiger partial charge in [0.1, 0.15) is 5.76 Å². The Kier molecular flexibility index (Phi) is 4.80. The van der Waals surface area contributed by atoms with Crippen molar-refractivity contribution in [1.29, 1.82) is 0 Å². The van der Waals surface area contributed by atoms with Gasteiger partial charge in [0.15, 0.2) is 5.89 Å². The third kappa shape index (κ3) is 3.90. The number of carbonyl (C=O) groups is 1. The Bertz CT molecular complexity index is 977. The maximum Gasteiger partial charge on any atom is 0.254 e. The SMILES string of the molecule is O=C(c1ccc(NCc2cnc(C3CC3)o2)cc1)N1CCCC1c1ccccc1. The minimum atomic E-state index is 0.104. The number of likely N-dealkylation sites (tertiary alicyclic amines) is 1. The first-order chi connectivity index (χ1) is 14.3. The predicted molar refractivity (Wildman–Crippen MR) is 112 cm³/mol. The Morgan fingerprint density at radius 3 is 2.62 bits per heavy atom. The van der Waals surface area contributed by atoms with E-state index in [9.17, 15) is 4.79 Å². The van der Waals surface area contributed by atoms with Gasteiger partial charge in [-0.1, -0.05) is 30.3 Å². The van der Waals surface area contributed by atoms with Crippen LogP contribution in [0.1, 0.15) is 65.2 Å². The number of oxazole rings is 1. The number of anilines is 1. The molecule has 2 heterocycles. The van der Waals surface area contributed by atoms with Gasteiger partial charge < -0.3 is 14.6 Å². The Morgan fingerprint density at radius 1 is 1.07 bits per heavy atom. The summed E-state index contributed by atoms with van der Waals surface area (Å²) in [6, 6.07) is 18.2. The lowest BCUT2D eigenvalue weighted by atomic mass is 10.0. The number of hydrogen-bond donors (Lipinski definition) is 1. The van der Waals surface area contributed by atoms with E-state index in [2.05, 4.69) is 22.4 Å². The molecule has 5 rings (SSSR count). The molecule has 0 bridgehead atoms.